The molecule has 0 radical (unpaired) electrons. The first kappa shape index (κ1) is 12.1. The van der Waals surface area contributed by atoms with Crippen molar-refractivity contribution in [1.29, 1.82) is 0 Å². The van der Waals surface area contributed by atoms with E-state index in [1.807, 2.05) is 0 Å². The van der Waals surface area contributed by atoms with Gasteiger partial charge in [0.2, 0.25) is 0 Å². The number of H-pyrrole nitrogens is 1. The summed E-state index contributed by atoms with van der Waals surface area (Å²) in [5, 5.41) is 7.73. The van der Waals surface area contributed by atoms with Crippen LogP contribution in [0, 0.1) is 22.5 Å². The van der Waals surface area contributed by atoms with Gasteiger partial charge in [-0.1, -0.05) is 6.92 Å². The maximum absolute atomic E-state index is 5.44. The minimum atomic E-state index is 0.359. The van der Waals surface area contributed by atoms with Crippen molar-refractivity contribution in [2.24, 2.45) is 17.8 Å². The minimum absolute atomic E-state index is 0.359. The monoisotopic (exact) mass is 277 g/mol. The van der Waals surface area contributed by atoms with E-state index < -0.39 is 0 Å². The van der Waals surface area contributed by atoms with Crippen LogP contribution in [0.15, 0.2) is 0 Å². The second-order valence-corrected chi connectivity index (χ2v) is 7.59. The van der Waals surface area contributed by atoms with Crippen LogP contribution in [-0.2, 0) is 12.0 Å². The predicted molar refractivity (Wildman–Crippen MR) is 77.6 cm³/mol. The smallest absolute Gasteiger partial charge is 0.195 e. The molecule has 4 bridgehead atoms. The Morgan fingerprint density at radius 1 is 1.21 bits per heavy atom. The number of hydrogen-bond acceptors (Lipinski definition) is 2. The molecule has 5 rings (SSSR count). The molecule has 0 aromatic carbocycles. The average Bonchev–Trinajstić information content (AvgIpc) is 2.70. The van der Waals surface area contributed by atoms with Gasteiger partial charge in [0, 0.05) is 12.0 Å². The molecule has 3 nitrogen and oxygen atoms in total. The largest absolute Gasteiger partial charge is 0.304 e. The number of aromatic amines is 1. The van der Waals surface area contributed by atoms with Crippen molar-refractivity contribution in [3.63, 3.8) is 0 Å². The van der Waals surface area contributed by atoms with E-state index in [1.54, 1.807) is 0 Å². The fourth-order valence-electron chi connectivity index (χ4n) is 5.54. The number of hydrogen-bond donors (Lipinski definition) is 1. The van der Waals surface area contributed by atoms with Crippen LogP contribution in [0.2, 0.25) is 0 Å². The first-order chi connectivity index (χ1) is 9.20. The maximum Gasteiger partial charge on any atom is 0.195 e. The van der Waals surface area contributed by atoms with Gasteiger partial charge in [-0.2, -0.15) is 5.10 Å². The predicted octanol–water partition coefficient (Wildman–Crippen LogP) is 3.82. The molecule has 4 aliphatic rings. The van der Waals surface area contributed by atoms with Crippen molar-refractivity contribution < 1.29 is 0 Å². The van der Waals surface area contributed by atoms with E-state index in [4.69, 9.17) is 12.2 Å². The average molecular weight is 277 g/mol. The van der Waals surface area contributed by atoms with Gasteiger partial charge in [0.15, 0.2) is 4.77 Å². The summed E-state index contributed by atoms with van der Waals surface area (Å²) in [7, 11) is 0. The highest BCUT2D eigenvalue weighted by Crippen LogP contribution is 2.60. The first-order valence-electron chi connectivity index (χ1n) is 7.86. The van der Waals surface area contributed by atoms with E-state index in [0.29, 0.717) is 5.41 Å². The molecule has 1 N–H and O–H groups in total. The summed E-state index contributed by atoms with van der Waals surface area (Å²) >= 11 is 5.44. The molecule has 19 heavy (non-hydrogen) atoms. The van der Waals surface area contributed by atoms with Gasteiger partial charge >= 0.3 is 0 Å². The van der Waals surface area contributed by atoms with Crippen LogP contribution in [0.3, 0.4) is 0 Å². The van der Waals surface area contributed by atoms with Gasteiger partial charge in [-0.3, -0.25) is 5.10 Å². The highest BCUT2D eigenvalue weighted by molar-refractivity contribution is 7.71. The Hall–Kier alpha value is -0.640. The van der Waals surface area contributed by atoms with E-state index in [0.717, 1.165) is 35.5 Å². The van der Waals surface area contributed by atoms with Gasteiger partial charge in [-0.05, 0) is 74.9 Å². The molecule has 0 spiro atoms. The second kappa shape index (κ2) is 4.18. The molecular weight excluding hydrogens is 254 g/mol. The molecule has 4 fully saturated rings. The van der Waals surface area contributed by atoms with Crippen molar-refractivity contribution >= 4 is 12.2 Å². The van der Waals surface area contributed by atoms with Gasteiger partial charge in [0.1, 0.15) is 5.82 Å². The van der Waals surface area contributed by atoms with Gasteiger partial charge in [-0.25, -0.2) is 0 Å². The summed E-state index contributed by atoms with van der Waals surface area (Å²) in [6.45, 7) is 3.24. The molecule has 4 aliphatic carbocycles. The molecule has 1 aromatic heterocycles. The highest BCUT2D eigenvalue weighted by atomic mass is 32.1. The van der Waals surface area contributed by atoms with E-state index in [1.165, 1.54) is 44.3 Å². The van der Waals surface area contributed by atoms with Crippen LogP contribution in [0.1, 0.15) is 57.7 Å². The zero-order chi connectivity index (χ0) is 13.0. The SMILES string of the molecule is CCCn1c(C23CC4CC(CC(C4)C2)C3)n[nH]c1=S. The van der Waals surface area contributed by atoms with Crippen molar-refractivity contribution in [1.82, 2.24) is 14.8 Å². The Bertz CT molecular complexity index is 507. The quantitative estimate of drug-likeness (QED) is 0.852. The molecule has 0 amide bonds. The highest BCUT2D eigenvalue weighted by Gasteiger charge is 2.53. The Balaban J connectivity index is 1.77. The molecule has 4 saturated carbocycles. The third-order valence-electron chi connectivity index (χ3n) is 5.72. The lowest BCUT2D eigenvalue weighted by Crippen LogP contribution is -2.49. The lowest BCUT2D eigenvalue weighted by Gasteiger charge is -2.56. The zero-order valence-electron chi connectivity index (χ0n) is 11.7. The Kier molecular flexibility index (Phi) is 2.66. The Morgan fingerprint density at radius 2 is 1.79 bits per heavy atom. The summed E-state index contributed by atoms with van der Waals surface area (Å²) in [5.41, 5.74) is 0.359. The van der Waals surface area contributed by atoms with Crippen LogP contribution < -0.4 is 0 Å². The Labute approximate surface area is 119 Å². The Morgan fingerprint density at radius 3 is 2.32 bits per heavy atom. The third-order valence-corrected chi connectivity index (χ3v) is 6.03. The fraction of sp³-hybridized carbons (Fsp3) is 0.867. The summed E-state index contributed by atoms with van der Waals surface area (Å²) in [5.74, 6) is 4.18. The molecule has 1 heterocycles. The van der Waals surface area contributed by atoms with Gasteiger partial charge in [-0.15, -0.1) is 0 Å². The van der Waals surface area contributed by atoms with Crippen LogP contribution in [-0.4, -0.2) is 14.8 Å². The lowest BCUT2D eigenvalue weighted by atomic mass is 9.49. The molecule has 0 saturated heterocycles. The molecule has 4 heteroatoms. The maximum atomic E-state index is 5.44. The van der Waals surface area contributed by atoms with E-state index in [2.05, 4.69) is 21.7 Å². The number of rotatable bonds is 3. The van der Waals surface area contributed by atoms with Gasteiger partial charge < -0.3 is 4.57 Å². The third kappa shape index (κ3) is 1.75. The topological polar surface area (TPSA) is 33.6 Å². The minimum Gasteiger partial charge on any atom is -0.304 e. The summed E-state index contributed by atoms with van der Waals surface area (Å²) < 4.78 is 3.12. The van der Waals surface area contributed by atoms with E-state index >= 15 is 0 Å². The second-order valence-electron chi connectivity index (χ2n) is 7.20. The van der Waals surface area contributed by atoms with Gasteiger partial charge in [0.25, 0.3) is 0 Å². The summed E-state index contributed by atoms with van der Waals surface area (Å²) in [6.07, 6.45) is 9.68. The van der Waals surface area contributed by atoms with Crippen LogP contribution >= 0.6 is 12.2 Å². The summed E-state index contributed by atoms with van der Waals surface area (Å²) in [4.78, 5) is 0. The molecule has 0 atom stereocenters. The molecular formula is C15H23N3S. The first-order valence-corrected chi connectivity index (χ1v) is 8.27. The lowest BCUT2D eigenvalue weighted by molar-refractivity contribution is -0.0112. The van der Waals surface area contributed by atoms with E-state index in [9.17, 15) is 0 Å². The zero-order valence-corrected chi connectivity index (χ0v) is 12.5. The fourth-order valence-corrected chi connectivity index (χ4v) is 5.76. The number of aromatic nitrogens is 3. The number of nitrogens with zero attached hydrogens (tertiary/aromatic N) is 2. The van der Waals surface area contributed by atoms with Crippen LogP contribution in [0.25, 0.3) is 0 Å². The van der Waals surface area contributed by atoms with Gasteiger partial charge in [0.05, 0.1) is 0 Å². The van der Waals surface area contributed by atoms with Crippen molar-refractivity contribution in [2.45, 2.75) is 63.8 Å². The van der Waals surface area contributed by atoms with Crippen LogP contribution in [0.5, 0.6) is 0 Å². The van der Waals surface area contributed by atoms with Crippen molar-refractivity contribution in [3.8, 4) is 0 Å². The van der Waals surface area contributed by atoms with Crippen molar-refractivity contribution in [3.05, 3.63) is 10.6 Å². The molecule has 1 aromatic rings. The number of nitrogens with one attached hydrogen (secondary N) is 1. The molecule has 0 unspecified atom stereocenters. The van der Waals surface area contributed by atoms with E-state index in [-0.39, 0.29) is 0 Å². The van der Waals surface area contributed by atoms with Crippen LogP contribution in [0.4, 0.5) is 0 Å². The molecule has 104 valence electrons. The molecule has 0 aliphatic heterocycles. The summed E-state index contributed by atoms with van der Waals surface area (Å²) in [6, 6.07) is 0. The standard InChI is InChI=1S/C15H23N3S/c1-2-3-18-13(16-17-14(18)19)15-7-10-4-11(8-15)6-12(5-10)9-15/h10-12H,2-9H2,1H3,(H,17,19). The normalized spacial score (nSPS) is 39.9. The van der Waals surface area contributed by atoms with Crippen molar-refractivity contribution in [2.75, 3.05) is 0 Å².